The van der Waals surface area contributed by atoms with Crippen molar-refractivity contribution in [3.63, 3.8) is 0 Å². The zero-order valence-electron chi connectivity index (χ0n) is 54.4. The van der Waals surface area contributed by atoms with Gasteiger partial charge in [-0.05, 0) is 109 Å². The molecule has 0 saturated heterocycles. The largest absolute Gasteiger partial charge is 0.462 e. The third kappa shape index (κ3) is 68.5. The fraction of sp³-hybridized carbons (Fsp3) is 0.701. The van der Waals surface area contributed by atoms with Crippen molar-refractivity contribution < 1.29 is 28.6 Å². The van der Waals surface area contributed by atoms with Crippen molar-refractivity contribution in [3.8, 4) is 0 Å². The number of carbonyl (C=O) groups is 3. The molecule has 0 aliphatic heterocycles. The molecule has 6 nitrogen and oxygen atoms in total. The number of esters is 3. The monoisotopic (exact) mass is 1150 g/mol. The molecule has 0 aromatic heterocycles. The molecular weight excluding hydrogens is 1020 g/mol. The summed E-state index contributed by atoms with van der Waals surface area (Å²) in [6.45, 7) is 6.42. The lowest BCUT2D eigenvalue weighted by Gasteiger charge is -2.18. The van der Waals surface area contributed by atoms with Gasteiger partial charge in [-0.15, -0.1) is 0 Å². The van der Waals surface area contributed by atoms with Crippen molar-refractivity contribution in [2.24, 2.45) is 0 Å². The van der Waals surface area contributed by atoms with E-state index in [0.717, 1.165) is 135 Å². The van der Waals surface area contributed by atoms with E-state index in [9.17, 15) is 14.4 Å². The van der Waals surface area contributed by atoms with Gasteiger partial charge in [0.05, 0.1) is 0 Å². The van der Waals surface area contributed by atoms with Gasteiger partial charge in [0, 0.05) is 19.3 Å². The molecule has 0 aliphatic carbocycles. The molecule has 0 saturated carbocycles. The predicted molar refractivity (Wildman–Crippen MR) is 362 cm³/mol. The van der Waals surface area contributed by atoms with Crippen LogP contribution in [-0.2, 0) is 28.6 Å². The SMILES string of the molecule is CC/C=C\C/C=C\C/C=C\C/C=C\C/C=C\C/C=C\C/C=C\CCCCCC(=O)OCC(COC(=O)CCCCCCCCC/C=C\C/C=C\C/C=C\CC)OC(=O)CCCCCCCCCCCCCCCCCCCCCCCCC. The third-order valence-corrected chi connectivity index (χ3v) is 15.0. The number of hydrogen-bond acceptors (Lipinski definition) is 6. The molecule has 474 valence electrons. The molecule has 0 rings (SSSR count). The average molecular weight is 1150 g/mol. The summed E-state index contributed by atoms with van der Waals surface area (Å²) in [5.74, 6) is -0.924. The first-order valence-corrected chi connectivity index (χ1v) is 35.0. The van der Waals surface area contributed by atoms with E-state index >= 15 is 0 Å². The lowest BCUT2D eigenvalue weighted by Crippen LogP contribution is -2.30. The molecule has 0 bridgehead atoms. The van der Waals surface area contributed by atoms with E-state index in [1.807, 2.05) is 0 Å². The van der Waals surface area contributed by atoms with Crippen molar-refractivity contribution in [3.05, 3.63) is 122 Å². The Morgan fingerprint density at radius 1 is 0.253 bits per heavy atom. The predicted octanol–water partition coefficient (Wildman–Crippen LogP) is 24.3. The second-order valence-electron chi connectivity index (χ2n) is 23.0. The quantitative estimate of drug-likeness (QED) is 0.0261. The first kappa shape index (κ1) is 78.8. The minimum atomic E-state index is -0.800. The zero-order chi connectivity index (χ0) is 59.9. The second kappa shape index (κ2) is 70.3. The molecule has 0 heterocycles. The minimum absolute atomic E-state index is 0.0941. The van der Waals surface area contributed by atoms with Crippen LogP contribution in [0.3, 0.4) is 0 Å². The van der Waals surface area contributed by atoms with Crippen LogP contribution in [-0.4, -0.2) is 37.2 Å². The molecule has 0 spiro atoms. The molecule has 0 aliphatic rings. The van der Waals surface area contributed by atoms with Gasteiger partial charge in [0.2, 0.25) is 0 Å². The summed E-state index contributed by atoms with van der Waals surface area (Å²) in [5, 5.41) is 0. The summed E-state index contributed by atoms with van der Waals surface area (Å²) in [6.07, 6.45) is 97.9. The number of ether oxygens (including phenoxy) is 3. The van der Waals surface area contributed by atoms with Crippen LogP contribution in [0, 0.1) is 0 Å². The number of rotatable bonds is 63. The van der Waals surface area contributed by atoms with E-state index < -0.39 is 6.10 Å². The molecule has 1 unspecified atom stereocenters. The summed E-state index contributed by atoms with van der Waals surface area (Å²) in [4.78, 5) is 38.5. The Morgan fingerprint density at radius 2 is 0.470 bits per heavy atom. The average Bonchev–Trinajstić information content (AvgIpc) is 3.49. The van der Waals surface area contributed by atoms with E-state index in [2.05, 4.69) is 142 Å². The van der Waals surface area contributed by atoms with Gasteiger partial charge in [-0.25, -0.2) is 0 Å². The lowest BCUT2D eigenvalue weighted by atomic mass is 10.0. The van der Waals surface area contributed by atoms with Crippen molar-refractivity contribution in [2.75, 3.05) is 13.2 Å². The Bertz CT molecular complexity index is 1700. The fourth-order valence-corrected chi connectivity index (χ4v) is 9.79. The molecule has 0 aromatic rings. The van der Waals surface area contributed by atoms with Gasteiger partial charge in [0.25, 0.3) is 0 Å². The smallest absolute Gasteiger partial charge is 0.306 e. The Hall–Kier alpha value is -4.19. The normalized spacial score (nSPS) is 12.9. The number of allylic oxidation sites excluding steroid dienone is 20. The molecule has 0 radical (unpaired) electrons. The van der Waals surface area contributed by atoms with Crippen molar-refractivity contribution in [1.29, 1.82) is 0 Å². The third-order valence-electron chi connectivity index (χ3n) is 15.0. The molecule has 1 atom stereocenters. The highest BCUT2D eigenvalue weighted by Gasteiger charge is 2.19. The Morgan fingerprint density at radius 3 is 0.747 bits per heavy atom. The minimum Gasteiger partial charge on any atom is -0.462 e. The van der Waals surface area contributed by atoms with Gasteiger partial charge >= 0.3 is 17.9 Å². The molecule has 0 fully saturated rings. The van der Waals surface area contributed by atoms with Gasteiger partial charge < -0.3 is 14.2 Å². The highest BCUT2D eigenvalue weighted by Crippen LogP contribution is 2.17. The lowest BCUT2D eigenvalue weighted by molar-refractivity contribution is -0.167. The van der Waals surface area contributed by atoms with Crippen molar-refractivity contribution in [1.82, 2.24) is 0 Å². The molecule has 0 N–H and O–H groups in total. The van der Waals surface area contributed by atoms with Crippen molar-refractivity contribution >= 4 is 17.9 Å². The topological polar surface area (TPSA) is 78.9 Å². The summed E-state index contributed by atoms with van der Waals surface area (Å²) < 4.78 is 17.0. The summed E-state index contributed by atoms with van der Waals surface area (Å²) >= 11 is 0. The maximum atomic E-state index is 13.0. The van der Waals surface area contributed by atoms with E-state index in [-0.39, 0.29) is 31.1 Å². The maximum Gasteiger partial charge on any atom is 0.306 e. The Balaban J connectivity index is 4.43. The number of carbonyl (C=O) groups excluding carboxylic acids is 3. The zero-order valence-corrected chi connectivity index (χ0v) is 54.4. The van der Waals surface area contributed by atoms with Crippen LogP contribution in [0.2, 0.25) is 0 Å². The van der Waals surface area contributed by atoms with Crippen molar-refractivity contribution in [2.45, 2.75) is 335 Å². The molecule has 6 heteroatoms. The van der Waals surface area contributed by atoms with Crippen LogP contribution < -0.4 is 0 Å². The van der Waals surface area contributed by atoms with Crippen LogP contribution in [0.25, 0.3) is 0 Å². The Kier molecular flexibility index (Phi) is 66.7. The summed E-state index contributed by atoms with van der Waals surface area (Å²) in [5.41, 5.74) is 0. The van der Waals surface area contributed by atoms with E-state index in [1.54, 1.807) is 0 Å². The van der Waals surface area contributed by atoms with E-state index in [4.69, 9.17) is 14.2 Å². The van der Waals surface area contributed by atoms with Gasteiger partial charge in [-0.1, -0.05) is 322 Å². The van der Waals surface area contributed by atoms with Gasteiger partial charge in [-0.2, -0.15) is 0 Å². The molecule has 83 heavy (non-hydrogen) atoms. The number of unbranched alkanes of at least 4 members (excludes halogenated alkanes) is 32. The molecular formula is C77H130O6. The van der Waals surface area contributed by atoms with E-state index in [1.165, 1.54) is 154 Å². The highest BCUT2D eigenvalue weighted by atomic mass is 16.6. The van der Waals surface area contributed by atoms with Crippen LogP contribution in [0.5, 0.6) is 0 Å². The van der Waals surface area contributed by atoms with Crippen LogP contribution in [0.1, 0.15) is 329 Å². The fourth-order valence-electron chi connectivity index (χ4n) is 9.79. The second-order valence-corrected chi connectivity index (χ2v) is 23.0. The standard InChI is InChI=1S/C77H130O6/c1-4-7-10-13-16-19-22-25-28-31-33-35-37-38-40-41-43-46-49-52-55-58-61-64-67-70-76(79)82-73-74(72-81-75(78)69-66-63-60-57-54-51-48-45-30-27-24-21-18-15-12-9-6-3)83-77(80)71-68-65-62-59-56-53-50-47-44-42-39-36-34-32-29-26-23-20-17-14-11-8-5-2/h7,9-10,12,16,18-19,21,25,27-28,30,33,35,38,40,43,46,52,55,74H,4-6,8,11,13-15,17,20,22-24,26,29,31-32,34,36-37,39,41-42,44-45,47-51,53-54,56-73H2,1-3H3/b10-7-,12-9-,19-16-,21-18-,28-25-,30-27-,35-33-,40-38-,46-43-,55-52-. The van der Waals surface area contributed by atoms with Crippen LogP contribution >= 0.6 is 0 Å². The van der Waals surface area contributed by atoms with E-state index in [0.29, 0.717) is 19.3 Å². The first-order valence-electron chi connectivity index (χ1n) is 35.0. The van der Waals surface area contributed by atoms with Crippen LogP contribution in [0.15, 0.2) is 122 Å². The van der Waals surface area contributed by atoms with Gasteiger partial charge in [-0.3, -0.25) is 14.4 Å². The first-order chi connectivity index (χ1) is 41.0. The summed E-state index contributed by atoms with van der Waals surface area (Å²) in [7, 11) is 0. The molecule has 0 aromatic carbocycles. The molecule has 0 amide bonds. The summed E-state index contributed by atoms with van der Waals surface area (Å²) in [6, 6.07) is 0. The highest BCUT2D eigenvalue weighted by molar-refractivity contribution is 5.71. The van der Waals surface area contributed by atoms with Crippen LogP contribution in [0.4, 0.5) is 0 Å². The maximum absolute atomic E-state index is 13.0. The Labute approximate surface area is 513 Å². The van der Waals surface area contributed by atoms with Gasteiger partial charge in [0.1, 0.15) is 13.2 Å². The number of hydrogen-bond donors (Lipinski definition) is 0. The van der Waals surface area contributed by atoms with Gasteiger partial charge in [0.15, 0.2) is 6.10 Å².